The summed E-state index contributed by atoms with van der Waals surface area (Å²) in [6.45, 7) is 5.73. The molecule has 0 saturated carbocycles. The van der Waals surface area contributed by atoms with E-state index in [1.807, 2.05) is 24.7 Å². The summed E-state index contributed by atoms with van der Waals surface area (Å²) in [4.78, 5) is 14.9. The molecule has 0 spiro atoms. The number of hydrogen-bond donors (Lipinski definition) is 1. The van der Waals surface area contributed by atoms with E-state index >= 15 is 0 Å². The Labute approximate surface area is 169 Å². The average Bonchev–Trinajstić information content (AvgIpc) is 3.32. The molecule has 1 aliphatic heterocycles. The molecule has 7 heteroatoms. The molecule has 0 radical (unpaired) electrons. The van der Waals surface area contributed by atoms with Gasteiger partial charge in [-0.25, -0.2) is 4.98 Å². The van der Waals surface area contributed by atoms with Gasteiger partial charge in [0.2, 0.25) is 0 Å². The van der Waals surface area contributed by atoms with Gasteiger partial charge < -0.3 is 10.2 Å². The van der Waals surface area contributed by atoms with Crippen LogP contribution in [0.5, 0.6) is 0 Å². The number of aromatic nitrogens is 2. The van der Waals surface area contributed by atoms with Gasteiger partial charge in [0.1, 0.15) is 0 Å². The SMILES string of the molecule is CN=C(NCc1cn2ccsc2n1)N1CCN(C/C=C/c2ccccc2)CC1. The van der Waals surface area contributed by atoms with Gasteiger partial charge in [-0.3, -0.25) is 14.3 Å². The largest absolute Gasteiger partial charge is 0.351 e. The first-order valence-corrected chi connectivity index (χ1v) is 10.5. The summed E-state index contributed by atoms with van der Waals surface area (Å²) in [5.41, 5.74) is 2.29. The maximum absolute atomic E-state index is 4.62. The molecular formula is C21H26N6S. The highest BCUT2D eigenvalue weighted by Crippen LogP contribution is 2.11. The van der Waals surface area contributed by atoms with Crippen molar-refractivity contribution >= 4 is 28.3 Å². The summed E-state index contributed by atoms with van der Waals surface area (Å²) in [5, 5.41) is 5.51. The second kappa shape index (κ2) is 9.03. The van der Waals surface area contributed by atoms with Gasteiger partial charge in [0.05, 0.1) is 12.2 Å². The molecule has 0 atom stereocenters. The lowest BCUT2D eigenvalue weighted by Gasteiger charge is -2.36. The van der Waals surface area contributed by atoms with Crippen LogP contribution in [0.2, 0.25) is 0 Å². The van der Waals surface area contributed by atoms with Gasteiger partial charge in [-0.15, -0.1) is 11.3 Å². The number of benzene rings is 1. The molecule has 2 aromatic heterocycles. The lowest BCUT2D eigenvalue weighted by atomic mass is 10.2. The molecule has 1 aliphatic rings. The van der Waals surface area contributed by atoms with Crippen LogP contribution >= 0.6 is 11.3 Å². The molecule has 146 valence electrons. The lowest BCUT2D eigenvalue weighted by Crippen LogP contribution is -2.52. The first kappa shape index (κ1) is 18.7. The second-order valence-electron chi connectivity index (χ2n) is 6.83. The normalized spacial score (nSPS) is 16.3. The molecule has 0 amide bonds. The van der Waals surface area contributed by atoms with Gasteiger partial charge in [-0.05, 0) is 5.56 Å². The molecule has 4 rings (SSSR count). The quantitative estimate of drug-likeness (QED) is 0.534. The van der Waals surface area contributed by atoms with Crippen LogP contribution in [-0.2, 0) is 6.54 Å². The highest BCUT2D eigenvalue weighted by molar-refractivity contribution is 7.15. The molecule has 0 bridgehead atoms. The fraction of sp³-hybridized carbons (Fsp3) is 0.333. The highest BCUT2D eigenvalue weighted by Gasteiger charge is 2.18. The van der Waals surface area contributed by atoms with E-state index in [9.17, 15) is 0 Å². The van der Waals surface area contributed by atoms with E-state index in [0.717, 1.165) is 49.3 Å². The van der Waals surface area contributed by atoms with Gasteiger partial charge in [0.15, 0.2) is 10.9 Å². The van der Waals surface area contributed by atoms with Crippen LogP contribution in [0, 0.1) is 0 Å². The topological polar surface area (TPSA) is 48.2 Å². The van der Waals surface area contributed by atoms with Crippen LogP contribution in [0.4, 0.5) is 0 Å². The highest BCUT2D eigenvalue weighted by atomic mass is 32.1. The summed E-state index contributed by atoms with van der Waals surface area (Å²) in [5.74, 6) is 0.954. The Hall–Kier alpha value is -2.64. The summed E-state index contributed by atoms with van der Waals surface area (Å²) in [7, 11) is 1.85. The molecule has 0 unspecified atom stereocenters. The zero-order valence-corrected chi connectivity index (χ0v) is 17.0. The van der Waals surface area contributed by atoms with Crippen molar-refractivity contribution in [2.24, 2.45) is 4.99 Å². The first-order chi connectivity index (χ1) is 13.8. The van der Waals surface area contributed by atoms with Gasteiger partial charge in [0, 0.05) is 57.5 Å². The number of hydrogen-bond acceptors (Lipinski definition) is 4. The number of piperazine rings is 1. The standard InChI is InChI=1S/C21H26N6S/c1-22-20(23-16-19-17-27-14-15-28-21(27)24-19)26-12-10-25(11-13-26)9-5-8-18-6-3-2-4-7-18/h2-8,14-15,17H,9-13,16H2,1H3,(H,22,23)/b8-5+. The summed E-state index contributed by atoms with van der Waals surface area (Å²) in [6.07, 6.45) is 8.56. The molecule has 1 aromatic carbocycles. The number of guanidine groups is 1. The molecule has 3 heterocycles. The van der Waals surface area contributed by atoms with Crippen molar-refractivity contribution in [1.29, 1.82) is 0 Å². The van der Waals surface area contributed by atoms with E-state index in [0.29, 0.717) is 6.54 Å². The third-order valence-corrected chi connectivity index (χ3v) is 5.70. The molecule has 1 N–H and O–H groups in total. The Morgan fingerprint density at radius 1 is 1.21 bits per heavy atom. The number of aliphatic imine (C=N–C) groups is 1. The van der Waals surface area contributed by atoms with Crippen molar-refractivity contribution in [3.8, 4) is 0 Å². The van der Waals surface area contributed by atoms with Gasteiger partial charge in [-0.1, -0.05) is 42.5 Å². The fourth-order valence-corrected chi connectivity index (χ4v) is 4.13. The molecule has 0 aliphatic carbocycles. The maximum Gasteiger partial charge on any atom is 0.194 e. The number of nitrogens with zero attached hydrogens (tertiary/aromatic N) is 5. The van der Waals surface area contributed by atoms with Gasteiger partial charge >= 0.3 is 0 Å². The van der Waals surface area contributed by atoms with Gasteiger partial charge in [0.25, 0.3) is 0 Å². The summed E-state index contributed by atoms with van der Waals surface area (Å²) in [6, 6.07) is 10.5. The number of rotatable bonds is 5. The predicted octanol–water partition coefficient (Wildman–Crippen LogP) is 2.80. The number of imidazole rings is 1. The van der Waals surface area contributed by atoms with E-state index in [-0.39, 0.29) is 0 Å². The van der Waals surface area contributed by atoms with E-state index in [4.69, 9.17) is 0 Å². The molecular weight excluding hydrogens is 368 g/mol. The second-order valence-corrected chi connectivity index (χ2v) is 7.70. The Bertz CT molecular complexity index is 906. The minimum Gasteiger partial charge on any atom is -0.351 e. The predicted molar refractivity (Wildman–Crippen MR) is 117 cm³/mol. The number of fused-ring (bicyclic) bond motifs is 1. The number of nitrogens with one attached hydrogen (secondary N) is 1. The minimum absolute atomic E-state index is 0.696. The maximum atomic E-state index is 4.62. The lowest BCUT2D eigenvalue weighted by molar-refractivity contribution is 0.194. The summed E-state index contributed by atoms with van der Waals surface area (Å²) >= 11 is 1.65. The zero-order chi connectivity index (χ0) is 19.2. The van der Waals surface area contributed by atoms with Crippen LogP contribution in [-0.4, -0.2) is 64.9 Å². The Morgan fingerprint density at radius 2 is 2.04 bits per heavy atom. The Morgan fingerprint density at radius 3 is 2.79 bits per heavy atom. The van der Waals surface area contributed by atoms with E-state index in [1.165, 1.54) is 5.56 Å². The van der Waals surface area contributed by atoms with E-state index in [1.54, 1.807) is 11.3 Å². The van der Waals surface area contributed by atoms with Crippen LogP contribution in [0.25, 0.3) is 11.0 Å². The monoisotopic (exact) mass is 394 g/mol. The van der Waals surface area contributed by atoms with Crippen LogP contribution in [0.15, 0.2) is 59.2 Å². The van der Waals surface area contributed by atoms with Crippen molar-refractivity contribution in [2.45, 2.75) is 6.54 Å². The molecule has 28 heavy (non-hydrogen) atoms. The van der Waals surface area contributed by atoms with Crippen molar-refractivity contribution in [3.05, 3.63) is 65.4 Å². The molecule has 1 fully saturated rings. The first-order valence-electron chi connectivity index (χ1n) is 9.62. The summed E-state index contributed by atoms with van der Waals surface area (Å²) < 4.78 is 2.06. The third-order valence-electron chi connectivity index (χ3n) is 4.93. The van der Waals surface area contributed by atoms with Crippen LogP contribution in [0.1, 0.15) is 11.3 Å². The van der Waals surface area contributed by atoms with Crippen molar-refractivity contribution in [1.82, 2.24) is 24.5 Å². The molecule has 1 saturated heterocycles. The molecule has 3 aromatic rings. The Balaban J connectivity index is 1.23. The smallest absolute Gasteiger partial charge is 0.194 e. The zero-order valence-electron chi connectivity index (χ0n) is 16.2. The van der Waals surface area contributed by atoms with Gasteiger partial charge in [-0.2, -0.15) is 0 Å². The molecule has 6 nitrogen and oxygen atoms in total. The van der Waals surface area contributed by atoms with Crippen molar-refractivity contribution < 1.29 is 0 Å². The van der Waals surface area contributed by atoms with E-state index in [2.05, 4.69) is 72.1 Å². The third kappa shape index (κ3) is 4.61. The fourth-order valence-electron chi connectivity index (χ4n) is 3.41. The Kier molecular flexibility index (Phi) is 6.04. The number of thiazole rings is 1. The van der Waals surface area contributed by atoms with E-state index < -0.39 is 0 Å². The minimum atomic E-state index is 0.696. The van der Waals surface area contributed by atoms with Crippen LogP contribution in [0.3, 0.4) is 0 Å². The van der Waals surface area contributed by atoms with Crippen molar-refractivity contribution in [3.63, 3.8) is 0 Å². The average molecular weight is 395 g/mol. The van der Waals surface area contributed by atoms with Crippen LogP contribution < -0.4 is 5.32 Å². The van der Waals surface area contributed by atoms with Crippen molar-refractivity contribution in [2.75, 3.05) is 39.8 Å².